The van der Waals surface area contributed by atoms with E-state index in [0.29, 0.717) is 25.4 Å². The van der Waals surface area contributed by atoms with Gasteiger partial charge in [-0.2, -0.15) is 4.31 Å². The first-order chi connectivity index (χ1) is 12.5. The topological polar surface area (TPSA) is 82.9 Å². The van der Waals surface area contributed by atoms with Crippen LogP contribution in [0.1, 0.15) is 5.76 Å². The molecule has 0 unspecified atom stereocenters. The van der Waals surface area contributed by atoms with Gasteiger partial charge in [0.1, 0.15) is 16.5 Å². The molecular weight excluding hydrogens is 361 g/mol. The molecule has 0 radical (unpaired) electrons. The first-order valence-electron chi connectivity index (χ1n) is 8.23. The van der Waals surface area contributed by atoms with Gasteiger partial charge in [0.2, 0.25) is 15.9 Å². The molecule has 7 nitrogen and oxygen atoms in total. The van der Waals surface area contributed by atoms with Gasteiger partial charge >= 0.3 is 0 Å². The summed E-state index contributed by atoms with van der Waals surface area (Å²) >= 11 is 0. The Morgan fingerprint density at radius 1 is 1.12 bits per heavy atom. The third-order valence-corrected chi connectivity index (χ3v) is 6.12. The minimum Gasteiger partial charge on any atom is -0.467 e. The van der Waals surface area contributed by atoms with E-state index in [0.717, 1.165) is 6.07 Å². The molecule has 0 bridgehead atoms. The molecule has 1 aromatic carbocycles. The minimum absolute atomic E-state index is 0.160. The number of piperazine rings is 1. The van der Waals surface area contributed by atoms with Gasteiger partial charge in [0.25, 0.3) is 0 Å². The predicted octanol–water partition coefficient (Wildman–Crippen LogP) is 1.04. The van der Waals surface area contributed by atoms with Crippen LogP contribution in [0.3, 0.4) is 0 Å². The fourth-order valence-electron chi connectivity index (χ4n) is 2.78. The van der Waals surface area contributed by atoms with Gasteiger partial charge in [-0.3, -0.25) is 9.69 Å². The van der Waals surface area contributed by atoms with Crippen molar-refractivity contribution in [1.82, 2.24) is 14.5 Å². The molecule has 1 amide bonds. The molecule has 9 heteroatoms. The summed E-state index contributed by atoms with van der Waals surface area (Å²) in [7, 11) is -3.87. The number of carbonyl (C=O) groups is 1. The van der Waals surface area contributed by atoms with Gasteiger partial charge in [0, 0.05) is 26.2 Å². The zero-order chi connectivity index (χ0) is 18.6. The van der Waals surface area contributed by atoms with Gasteiger partial charge in [-0.05, 0) is 24.3 Å². The lowest BCUT2D eigenvalue weighted by molar-refractivity contribution is -0.122. The molecule has 1 saturated heterocycles. The Bertz CT molecular complexity index is 847. The highest BCUT2D eigenvalue weighted by Crippen LogP contribution is 2.20. The first kappa shape index (κ1) is 18.6. The number of carbonyl (C=O) groups excluding carboxylic acids is 1. The number of furan rings is 1. The summed E-state index contributed by atoms with van der Waals surface area (Å²) in [6.07, 6.45) is 1.54. The number of amides is 1. The van der Waals surface area contributed by atoms with Crippen LogP contribution < -0.4 is 5.32 Å². The largest absolute Gasteiger partial charge is 0.467 e. The molecule has 0 atom stereocenters. The lowest BCUT2D eigenvalue weighted by atomic mass is 10.3. The van der Waals surface area contributed by atoms with Crippen LogP contribution in [0.2, 0.25) is 0 Å². The van der Waals surface area contributed by atoms with Crippen LogP contribution in [0, 0.1) is 5.82 Å². The summed E-state index contributed by atoms with van der Waals surface area (Å²) in [5.74, 6) is -0.252. The van der Waals surface area contributed by atoms with Crippen LogP contribution in [0.5, 0.6) is 0 Å². The Morgan fingerprint density at radius 2 is 1.85 bits per heavy atom. The summed E-state index contributed by atoms with van der Waals surface area (Å²) in [5, 5.41) is 2.75. The molecule has 0 aliphatic carbocycles. The highest BCUT2D eigenvalue weighted by molar-refractivity contribution is 7.89. The molecular formula is C17H20FN3O4S. The van der Waals surface area contributed by atoms with Crippen LogP contribution in [0.25, 0.3) is 0 Å². The third-order valence-electron chi connectivity index (χ3n) is 4.19. The second kappa shape index (κ2) is 7.98. The number of hydrogen-bond donors (Lipinski definition) is 1. The smallest absolute Gasteiger partial charge is 0.246 e. The first-order valence-corrected chi connectivity index (χ1v) is 9.67. The molecule has 3 rings (SSSR count). The van der Waals surface area contributed by atoms with Crippen LogP contribution in [0.4, 0.5) is 4.39 Å². The van der Waals surface area contributed by atoms with Crippen LogP contribution in [-0.4, -0.2) is 56.3 Å². The maximum Gasteiger partial charge on any atom is 0.246 e. The molecule has 1 fully saturated rings. The van der Waals surface area contributed by atoms with E-state index in [1.807, 2.05) is 4.90 Å². The molecule has 1 aliphatic heterocycles. The van der Waals surface area contributed by atoms with E-state index in [2.05, 4.69) is 5.32 Å². The average molecular weight is 381 g/mol. The van der Waals surface area contributed by atoms with E-state index < -0.39 is 15.8 Å². The molecule has 1 N–H and O–H groups in total. The summed E-state index contributed by atoms with van der Waals surface area (Å²) in [5.41, 5.74) is 0. The lowest BCUT2D eigenvalue weighted by Crippen LogP contribution is -2.51. The molecule has 0 saturated carbocycles. The van der Waals surface area contributed by atoms with Gasteiger partial charge in [-0.25, -0.2) is 12.8 Å². The van der Waals surface area contributed by atoms with Crippen molar-refractivity contribution in [2.45, 2.75) is 11.4 Å². The van der Waals surface area contributed by atoms with Gasteiger partial charge in [0.05, 0.1) is 19.4 Å². The SMILES string of the molecule is O=C(CN1CCN(S(=O)(=O)c2ccccc2F)CC1)NCc1ccco1. The minimum atomic E-state index is -3.87. The summed E-state index contributed by atoms with van der Waals surface area (Å²) in [4.78, 5) is 13.5. The Labute approximate surface area is 151 Å². The molecule has 2 heterocycles. The Hall–Kier alpha value is -2.23. The quantitative estimate of drug-likeness (QED) is 0.809. The van der Waals surface area contributed by atoms with Crippen molar-refractivity contribution in [3.05, 3.63) is 54.2 Å². The predicted molar refractivity (Wildman–Crippen MR) is 92.2 cm³/mol. The number of halogens is 1. The molecule has 26 heavy (non-hydrogen) atoms. The Balaban J connectivity index is 1.51. The second-order valence-corrected chi connectivity index (χ2v) is 7.87. The van der Waals surface area contributed by atoms with Gasteiger partial charge < -0.3 is 9.73 Å². The van der Waals surface area contributed by atoms with E-state index in [4.69, 9.17) is 4.42 Å². The van der Waals surface area contributed by atoms with Crippen molar-refractivity contribution < 1.29 is 22.0 Å². The average Bonchev–Trinajstić information content (AvgIpc) is 3.14. The third kappa shape index (κ3) is 4.29. The van der Waals surface area contributed by atoms with Crippen molar-refractivity contribution in [3.63, 3.8) is 0 Å². The van der Waals surface area contributed by atoms with E-state index in [9.17, 15) is 17.6 Å². The number of sulfonamides is 1. The van der Waals surface area contributed by atoms with Crippen molar-refractivity contribution in [3.8, 4) is 0 Å². The zero-order valence-corrected chi connectivity index (χ0v) is 14.9. The van der Waals surface area contributed by atoms with Gasteiger partial charge in [-0.15, -0.1) is 0 Å². The van der Waals surface area contributed by atoms with Crippen molar-refractivity contribution in [2.24, 2.45) is 0 Å². The fourth-order valence-corrected chi connectivity index (χ4v) is 4.27. The lowest BCUT2D eigenvalue weighted by Gasteiger charge is -2.33. The number of rotatable bonds is 6. The summed E-state index contributed by atoms with van der Waals surface area (Å²) in [6, 6.07) is 8.86. The van der Waals surface area contributed by atoms with E-state index >= 15 is 0 Å². The maximum absolute atomic E-state index is 13.8. The van der Waals surface area contributed by atoms with Gasteiger partial charge in [-0.1, -0.05) is 12.1 Å². The highest BCUT2D eigenvalue weighted by atomic mass is 32.2. The molecule has 0 spiro atoms. The molecule has 1 aromatic heterocycles. The van der Waals surface area contributed by atoms with E-state index in [1.165, 1.54) is 28.8 Å². The Kier molecular flexibility index (Phi) is 5.70. The van der Waals surface area contributed by atoms with E-state index in [1.54, 1.807) is 12.1 Å². The molecule has 1 aliphatic rings. The molecule has 140 valence electrons. The van der Waals surface area contributed by atoms with Crippen LogP contribution in [0.15, 0.2) is 52.0 Å². The number of benzene rings is 1. The van der Waals surface area contributed by atoms with Crippen LogP contribution in [-0.2, 0) is 21.4 Å². The summed E-state index contributed by atoms with van der Waals surface area (Å²) in [6.45, 7) is 1.72. The monoisotopic (exact) mass is 381 g/mol. The van der Waals surface area contributed by atoms with Gasteiger partial charge in [0.15, 0.2) is 0 Å². The fraction of sp³-hybridized carbons (Fsp3) is 0.353. The summed E-state index contributed by atoms with van der Waals surface area (Å²) < 4.78 is 45.3. The van der Waals surface area contributed by atoms with Crippen molar-refractivity contribution >= 4 is 15.9 Å². The zero-order valence-electron chi connectivity index (χ0n) is 14.1. The van der Waals surface area contributed by atoms with Crippen LogP contribution >= 0.6 is 0 Å². The van der Waals surface area contributed by atoms with Crippen molar-refractivity contribution in [2.75, 3.05) is 32.7 Å². The normalized spacial score (nSPS) is 16.5. The number of hydrogen-bond acceptors (Lipinski definition) is 5. The number of nitrogens with one attached hydrogen (secondary N) is 1. The maximum atomic E-state index is 13.8. The van der Waals surface area contributed by atoms with Crippen molar-refractivity contribution in [1.29, 1.82) is 0 Å². The Morgan fingerprint density at radius 3 is 2.50 bits per heavy atom. The standard InChI is InChI=1S/C17H20FN3O4S/c18-15-5-1-2-6-16(15)26(23,24)21-9-7-20(8-10-21)13-17(22)19-12-14-4-3-11-25-14/h1-6,11H,7-10,12-13H2,(H,19,22). The highest BCUT2D eigenvalue weighted by Gasteiger charge is 2.30. The van der Waals surface area contributed by atoms with E-state index in [-0.39, 0.29) is 30.4 Å². The second-order valence-electron chi connectivity index (χ2n) is 5.97. The molecule has 2 aromatic rings. The number of nitrogens with zero attached hydrogens (tertiary/aromatic N) is 2.